The first-order chi connectivity index (χ1) is 14.5. The maximum Gasteiger partial charge on any atom is 0.196 e. The number of hydrogen-bond donors (Lipinski definition) is 0. The van der Waals surface area contributed by atoms with E-state index in [2.05, 4.69) is 10.2 Å². The lowest BCUT2D eigenvalue weighted by molar-refractivity contribution is 0.597. The lowest BCUT2D eigenvalue weighted by Gasteiger charge is -2.11. The van der Waals surface area contributed by atoms with E-state index in [0.717, 1.165) is 22.6 Å². The third-order valence-corrected chi connectivity index (χ3v) is 7.56. The number of sulfone groups is 1. The van der Waals surface area contributed by atoms with Crippen molar-refractivity contribution in [1.82, 2.24) is 14.8 Å². The van der Waals surface area contributed by atoms with Gasteiger partial charge >= 0.3 is 0 Å². The summed E-state index contributed by atoms with van der Waals surface area (Å²) in [7, 11) is -3.34. The molecule has 0 atom stereocenters. The zero-order chi connectivity index (χ0) is 21.0. The molecule has 7 heteroatoms. The van der Waals surface area contributed by atoms with Gasteiger partial charge < -0.3 is 0 Å². The van der Waals surface area contributed by atoms with Crippen molar-refractivity contribution in [2.45, 2.75) is 17.0 Å². The molecule has 152 valence electrons. The molecule has 0 aliphatic heterocycles. The molecule has 3 aromatic carbocycles. The summed E-state index contributed by atoms with van der Waals surface area (Å²) in [5, 5.41) is 9.43. The molecule has 0 amide bonds. The number of benzene rings is 3. The monoisotopic (exact) mass is 435 g/mol. The van der Waals surface area contributed by atoms with Crippen LogP contribution >= 0.6 is 11.8 Å². The molecule has 0 aliphatic rings. The van der Waals surface area contributed by atoms with Crippen LogP contribution in [0.2, 0.25) is 0 Å². The molecule has 0 N–H and O–H groups in total. The van der Waals surface area contributed by atoms with Gasteiger partial charge in [0.25, 0.3) is 0 Å². The topological polar surface area (TPSA) is 64.8 Å². The van der Waals surface area contributed by atoms with Gasteiger partial charge in [-0.1, -0.05) is 78.0 Å². The van der Waals surface area contributed by atoms with Crippen LogP contribution in [0.1, 0.15) is 5.56 Å². The Balaban J connectivity index is 1.62. The average Bonchev–Trinajstić information content (AvgIpc) is 3.19. The van der Waals surface area contributed by atoms with Crippen LogP contribution in [0.15, 0.2) is 95.0 Å². The third-order valence-electron chi connectivity index (χ3n) is 4.64. The molecule has 4 aromatic rings. The van der Waals surface area contributed by atoms with Crippen molar-refractivity contribution in [2.24, 2.45) is 0 Å². The molecule has 0 spiro atoms. The van der Waals surface area contributed by atoms with E-state index in [4.69, 9.17) is 0 Å². The van der Waals surface area contributed by atoms with Gasteiger partial charge in [0.15, 0.2) is 20.8 Å². The van der Waals surface area contributed by atoms with Crippen LogP contribution in [-0.4, -0.2) is 34.7 Å². The van der Waals surface area contributed by atoms with E-state index in [9.17, 15) is 8.42 Å². The first-order valence-electron chi connectivity index (χ1n) is 9.53. The number of rotatable bonds is 7. The van der Waals surface area contributed by atoms with Gasteiger partial charge in [0, 0.05) is 17.0 Å². The summed E-state index contributed by atoms with van der Waals surface area (Å²) in [6, 6.07) is 26.5. The van der Waals surface area contributed by atoms with Crippen LogP contribution in [0.5, 0.6) is 0 Å². The van der Waals surface area contributed by atoms with Crippen molar-refractivity contribution in [3.05, 3.63) is 90.5 Å². The second-order valence-corrected chi connectivity index (χ2v) is 9.99. The van der Waals surface area contributed by atoms with Gasteiger partial charge in [-0.25, -0.2) is 8.42 Å². The highest BCUT2D eigenvalue weighted by molar-refractivity contribution is 8.00. The van der Waals surface area contributed by atoms with Crippen LogP contribution < -0.4 is 0 Å². The minimum absolute atomic E-state index is 0.0309. The third kappa shape index (κ3) is 4.47. The summed E-state index contributed by atoms with van der Waals surface area (Å²) in [6.45, 7) is 2.04. The molecule has 0 aliphatic carbocycles. The molecular formula is C23H21N3O2S2. The van der Waals surface area contributed by atoms with E-state index < -0.39 is 9.84 Å². The van der Waals surface area contributed by atoms with Gasteiger partial charge in [-0.2, -0.15) is 0 Å². The van der Waals surface area contributed by atoms with E-state index in [1.807, 2.05) is 72.2 Å². The van der Waals surface area contributed by atoms with E-state index in [-0.39, 0.29) is 5.75 Å². The molecule has 4 rings (SSSR count). The number of aromatic nitrogens is 3. The Labute approximate surface area is 180 Å². The Hall–Kier alpha value is -2.90. The lowest BCUT2D eigenvalue weighted by atomic mass is 10.2. The predicted octanol–water partition coefficient (Wildman–Crippen LogP) is 4.81. The highest BCUT2D eigenvalue weighted by atomic mass is 32.2. The molecule has 0 fully saturated rings. The second-order valence-electron chi connectivity index (χ2n) is 6.82. The van der Waals surface area contributed by atoms with Crippen LogP contribution in [0.25, 0.3) is 17.1 Å². The van der Waals surface area contributed by atoms with Crippen molar-refractivity contribution in [3.63, 3.8) is 0 Å². The van der Waals surface area contributed by atoms with Gasteiger partial charge in [0.2, 0.25) is 0 Å². The number of aryl methyl sites for hydroxylation is 1. The molecule has 1 heterocycles. The first kappa shape index (κ1) is 20.4. The maximum absolute atomic E-state index is 12.6. The van der Waals surface area contributed by atoms with E-state index in [1.165, 1.54) is 11.8 Å². The lowest BCUT2D eigenvalue weighted by Crippen LogP contribution is -2.09. The molecule has 0 saturated heterocycles. The van der Waals surface area contributed by atoms with Crippen molar-refractivity contribution < 1.29 is 8.42 Å². The van der Waals surface area contributed by atoms with Crippen LogP contribution in [-0.2, 0) is 9.84 Å². The SMILES string of the molecule is Cc1ccc(-n2c(SCCS(=O)(=O)c3ccccc3)nnc2-c2ccccc2)cc1. The van der Waals surface area contributed by atoms with Gasteiger partial charge in [-0.3, -0.25) is 4.57 Å². The molecular weight excluding hydrogens is 414 g/mol. The number of hydrogen-bond acceptors (Lipinski definition) is 5. The van der Waals surface area contributed by atoms with Crippen molar-refractivity contribution in [2.75, 3.05) is 11.5 Å². The average molecular weight is 436 g/mol. The zero-order valence-electron chi connectivity index (χ0n) is 16.5. The highest BCUT2D eigenvalue weighted by Gasteiger charge is 2.18. The molecule has 0 unspecified atom stereocenters. The fourth-order valence-electron chi connectivity index (χ4n) is 3.05. The highest BCUT2D eigenvalue weighted by Crippen LogP contribution is 2.28. The summed E-state index contributed by atoms with van der Waals surface area (Å²) < 4.78 is 27.2. The van der Waals surface area contributed by atoms with Gasteiger partial charge in [0.05, 0.1) is 10.6 Å². The molecule has 0 bridgehead atoms. The fourth-order valence-corrected chi connectivity index (χ4v) is 5.67. The Morgan fingerprint density at radius 1 is 0.833 bits per heavy atom. The van der Waals surface area contributed by atoms with E-state index in [0.29, 0.717) is 15.8 Å². The molecule has 5 nitrogen and oxygen atoms in total. The maximum atomic E-state index is 12.6. The summed E-state index contributed by atoms with van der Waals surface area (Å²) in [4.78, 5) is 0.343. The van der Waals surface area contributed by atoms with Crippen LogP contribution in [0.4, 0.5) is 0 Å². The van der Waals surface area contributed by atoms with Crippen molar-refractivity contribution in [3.8, 4) is 17.1 Å². The summed E-state index contributed by atoms with van der Waals surface area (Å²) in [6.07, 6.45) is 0. The Bertz CT molecular complexity index is 1220. The fraction of sp³-hybridized carbons (Fsp3) is 0.130. The molecule has 0 saturated carbocycles. The van der Waals surface area contributed by atoms with E-state index >= 15 is 0 Å². The smallest absolute Gasteiger partial charge is 0.196 e. The quantitative estimate of drug-likeness (QED) is 0.390. The number of nitrogens with zero attached hydrogens (tertiary/aromatic N) is 3. The van der Waals surface area contributed by atoms with Crippen LogP contribution in [0, 0.1) is 6.92 Å². The Kier molecular flexibility index (Phi) is 6.01. The summed E-state index contributed by atoms with van der Waals surface area (Å²) in [5.41, 5.74) is 3.06. The minimum Gasteiger partial charge on any atom is -0.270 e. The standard InChI is InChI=1S/C23H21N3O2S2/c1-18-12-14-20(15-13-18)26-22(19-8-4-2-5-9-19)24-25-23(26)29-16-17-30(27,28)21-10-6-3-7-11-21/h2-15H,16-17H2,1H3. The van der Waals surface area contributed by atoms with Crippen molar-refractivity contribution >= 4 is 21.6 Å². The molecule has 1 aromatic heterocycles. The van der Waals surface area contributed by atoms with Crippen molar-refractivity contribution in [1.29, 1.82) is 0 Å². The van der Waals surface area contributed by atoms with Gasteiger partial charge in [-0.15, -0.1) is 10.2 Å². The second kappa shape index (κ2) is 8.85. The summed E-state index contributed by atoms with van der Waals surface area (Å²) >= 11 is 1.39. The predicted molar refractivity (Wildman–Crippen MR) is 121 cm³/mol. The normalized spacial score (nSPS) is 11.5. The number of thioether (sulfide) groups is 1. The molecule has 30 heavy (non-hydrogen) atoms. The Morgan fingerprint density at radius 3 is 2.13 bits per heavy atom. The summed E-state index contributed by atoms with van der Waals surface area (Å²) in [5.74, 6) is 1.15. The zero-order valence-corrected chi connectivity index (χ0v) is 18.1. The van der Waals surface area contributed by atoms with Crippen LogP contribution in [0.3, 0.4) is 0 Å². The van der Waals surface area contributed by atoms with Gasteiger partial charge in [0.1, 0.15) is 0 Å². The largest absolute Gasteiger partial charge is 0.270 e. The first-order valence-corrected chi connectivity index (χ1v) is 12.2. The van der Waals surface area contributed by atoms with Gasteiger partial charge in [-0.05, 0) is 31.2 Å². The Morgan fingerprint density at radius 2 is 1.47 bits per heavy atom. The minimum atomic E-state index is -3.34. The van der Waals surface area contributed by atoms with E-state index in [1.54, 1.807) is 24.3 Å². The molecule has 0 radical (unpaired) electrons.